The molecular weight excluding hydrogens is 278 g/mol. The van der Waals surface area contributed by atoms with E-state index in [9.17, 15) is 19.7 Å². The molecule has 1 rings (SSSR count). The van der Waals surface area contributed by atoms with Crippen LogP contribution < -0.4 is 11.1 Å². The van der Waals surface area contributed by atoms with Crippen LogP contribution in [0.5, 0.6) is 0 Å². The number of hydrogen-bond acceptors (Lipinski definition) is 5. The highest BCUT2D eigenvalue weighted by Gasteiger charge is 2.16. The van der Waals surface area contributed by atoms with Crippen molar-refractivity contribution in [1.29, 1.82) is 0 Å². The first-order valence-corrected chi connectivity index (χ1v) is 6.39. The number of nitrogens with zero attached hydrogens (tertiary/aromatic N) is 1. The summed E-state index contributed by atoms with van der Waals surface area (Å²) in [7, 11) is 0. The second-order valence-corrected chi connectivity index (χ2v) is 4.60. The maximum Gasteiger partial charge on any atom is 0.303 e. The molecule has 1 amide bonds. The van der Waals surface area contributed by atoms with Crippen molar-refractivity contribution < 1.29 is 19.6 Å². The number of aliphatic carboxylic acids is 1. The minimum absolute atomic E-state index is 0.00237. The standard InChI is InChI=1S/C13H17N3O5/c1-2-8(5-12(17)18)7-15-11-4-3-9(16(20)21)6-10(11)13(14)19/h3-4,6,8,15H,2,5,7H2,1H3,(H2,14,19)(H,17,18). The third-order valence-corrected chi connectivity index (χ3v) is 3.10. The number of anilines is 1. The van der Waals surface area contributed by atoms with Crippen LogP contribution in [0.25, 0.3) is 0 Å². The van der Waals surface area contributed by atoms with Crippen LogP contribution in [0.1, 0.15) is 30.1 Å². The van der Waals surface area contributed by atoms with E-state index in [0.717, 1.165) is 6.07 Å². The fraction of sp³-hybridized carbons (Fsp3) is 0.385. The molecule has 0 saturated carbocycles. The van der Waals surface area contributed by atoms with Crippen LogP contribution >= 0.6 is 0 Å². The molecule has 0 aromatic heterocycles. The Morgan fingerprint density at radius 3 is 2.62 bits per heavy atom. The van der Waals surface area contributed by atoms with Crippen molar-refractivity contribution >= 4 is 23.3 Å². The summed E-state index contributed by atoms with van der Waals surface area (Å²) in [6.45, 7) is 2.20. The maximum absolute atomic E-state index is 11.4. The Morgan fingerprint density at radius 2 is 2.14 bits per heavy atom. The summed E-state index contributed by atoms with van der Waals surface area (Å²) in [4.78, 5) is 32.1. The average molecular weight is 295 g/mol. The molecule has 0 spiro atoms. The molecule has 8 heteroatoms. The van der Waals surface area contributed by atoms with Gasteiger partial charge in [0.05, 0.1) is 10.5 Å². The van der Waals surface area contributed by atoms with Gasteiger partial charge in [0, 0.05) is 30.8 Å². The van der Waals surface area contributed by atoms with Gasteiger partial charge < -0.3 is 16.2 Å². The molecule has 0 saturated heterocycles. The van der Waals surface area contributed by atoms with E-state index in [4.69, 9.17) is 10.8 Å². The number of nitrogens with one attached hydrogen (secondary N) is 1. The number of nitrogens with two attached hydrogens (primary N) is 1. The number of rotatable bonds is 8. The van der Waals surface area contributed by atoms with Crippen molar-refractivity contribution in [3.05, 3.63) is 33.9 Å². The Morgan fingerprint density at radius 1 is 1.48 bits per heavy atom. The number of nitro benzene ring substituents is 1. The minimum Gasteiger partial charge on any atom is -0.481 e. The zero-order valence-corrected chi connectivity index (χ0v) is 11.5. The summed E-state index contributed by atoms with van der Waals surface area (Å²) in [6.07, 6.45) is 0.653. The Bertz CT molecular complexity index is 559. The molecule has 114 valence electrons. The third kappa shape index (κ3) is 4.75. The molecule has 21 heavy (non-hydrogen) atoms. The lowest BCUT2D eigenvalue weighted by atomic mass is 10.0. The lowest BCUT2D eigenvalue weighted by Crippen LogP contribution is -2.20. The van der Waals surface area contributed by atoms with Gasteiger partial charge in [0.15, 0.2) is 0 Å². The molecule has 0 aliphatic carbocycles. The quantitative estimate of drug-likeness (QED) is 0.492. The molecule has 0 fully saturated rings. The zero-order chi connectivity index (χ0) is 16.0. The molecule has 0 radical (unpaired) electrons. The summed E-state index contributed by atoms with van der Waals surface area (Å²) in [5.74, 6) is -1.80. The largest absolute Gasteiger partial charge is 0.481 e. The Balaban J connectivity index is 2.89. The summed E-state index contributed by atoms with van der Waals surface area (Å²) in [5.41, 5.74) is 5.34. The fourth-order valence-corrected chi connectivity index (χ4v) is 1.87. The lowest BCUT2D eigenvalue weighted by molar-refractivity contribution is -0.384. The van der Waals surface area contributed by atoms with Crippen LogP contribution in [0, 0.1) is 16.0 Å². The van der Waals surface area contributed by atoms with Gasteiger partial charge in [0.2, 0.25) is 0 Å². The third-order valence-electron chi connectivity index (χ3n) is 3.10. The van der Waals surface area contributed by atoms with Crippen molar-refractivity contribution in [2.24, 2.45) is 11.7 Å². The SMILES string of the molecule is CCC(CNc1ccc([N+](=O)[O-])cc1C(N)=O)CC(=O)O. The summed E-state index contributed by atoms with van der Waals surface area (Å²) < 4.78 is 0. The van der Waals surface area contributed by atoms with Gasteiger partial charge in [-0.2, -0.15) is 0 Å². The van der Waals surface area contributed by atoms with Gasteiger partial charge in [-0.05, 0) is 12.0 Å². The second-order valence-electron chi connectivity index (χ2n) is 4.60. The molecule has 1 atom stereocenters. The molecule has 0 heterocycles. The molecule has 1 unspecified atom stereocenters. The number of carboxylic acids is 1. The van der Waals surface area contributed by atoms with Crippen LogP contribution in [-0.2, 0) is 4.79 Å². The highest BCUT2D eigenvalue weighted by molar-refractivity contribution is 5.99. The topological polar surface area (TPSA) is 136 Å². The monoisotopic (exact) mass is 295 g/mol. The van der Waals surface area contributed by atoms with Crippen molar-refractivity contribution in [2.75, 3.05) is 11.9 Å². The number of primary amides is 1. The molecule has 8 nitrogen and oxygen atoms in total. The van der Waals surface area contributed by atoms with Crippen LogP contribution in [0.3, 0.4) is 0 Å². The van der Waals surface area contributed by atoms with Gasteiger partial charge in [-0.15, -0.1) is 0 Å². The minimum atomic E-state index is -0.900. The predicted octanol–water partition coefficient (Wildman–Crippen LogP) is 1.61. The summed E-state index contributed by atoms with van der Waals surface area (Å²) >= 11 is 0. The van der Waals surface area contributed by atoms with Gasteiger partial charge in [-0.1, -0.05) is 13.3 Å². The van der Waals surface area contributed by atoms with Gasteiger partial charge in [0.1, 0.15) is 0 Å². The van der Waals surface area contributed by atoms with Crippen LogP contribution in [-0.4, -0.2) is 28.5 Å². The van der Waals surface area contributed by atoms with E-state index in [-0.39, 0.29) is 23.6 Å². The highest BCUT2D eigenvalue weighted by Crippen LogP contribution is 2.22. The number of carboxylic acid groups (broad SMARTS) is 1. The maximum atomic E-state index is 11.4. The van der Waals surface area contributed by atoms with Crippen molar-refractivity contribution in [3.63, 3.8) is 0 Å². The predicted molar refractivity (Wildman–Crippen MR) is 76.1 cm³/mol. The highest BCUT2D eigenvalue weighted by atomic mass is 16.6. The summed E-state index contributed by atoms with van der Waals surface area (Å²) in [6, 6.07) is 3.75. The Labute approximate surface area is 121 Å². The van der Waals surface area contributed by atoms with Gasteiger partial charge in [0.25, 0.3) is 11.6 Å². The molecule has 0 aliphatic heterocycles. The smallest absolute Gasteiger partial charge is 0.303 e. The van der Waals surface area contributed by atoms with E-state index in [2.05, 4.69) is 5.32 Å². The van der Waals surface area contributed by atoms with Gasteiger partial charge >= 0.3 is 5.97 Å². The molecule has 0 aliphatic rings. The number of nitro groups is 1. The first-order valence-electron chi connectivity index (χ1n) is 6.39. The van der Waals surface area contributed by atoms with E-state index in [1.165, 1.54) is 12.1 Å². The van der Waals surface area contributed by atoms with Crippen LogP contribution in [0.4, 0.5) is 11.4 Å². The molecule has 0 bridgehead atoms. The van der Waals surface area contributed by atoms with Crippen LogP contribution in [0.2, 0.25) is 0 Å². The second kappa shape index (κ2) is 7.22. The Hall–Kier alpha value is -2.64. The van der Waals surface area contributed by atoms with E-state index >= 15 is 0 Å². The van der Waals surface area contributed by atoms with E-state index in [0.29, 0.717) is 18.7 Å². The first kappa shape index (κ1) is 16.4. The number of benzene rings is 1. The molecule has 1 aromatic rings. The van der Waals surface area contributed by atoms with Crippen molar-refractivity contribution in [3.8, 4) is 0 Å². The molecule has 4 N–H and O–H groups in total. The lowest BCUT2D eigenvalue weighted by Gasteiger charge is -2.16. The summed E-state index contributed by atoms with van der Waals surface area (Å²) in [5, 5.41) is 22.4. The van der Waals surface area contributed by atoms with E-state index < -0.39 is 16.8 Å². The molecular formula is C13H17N3O5. The zero-order valence-electron chi connectivity index (χ0n) is 11.5. The molecule has 1 aromatic carbocycles. The number of amides is 1. The number of carbonyl (C=O) groups excluding carboxylic acids is 1. The Kier molecular flexibility index (Phi) is 5.65. The first-order chi connectivity index (χ1) is 9.85. The number of non-ortho nitro benzene ring substituents is 1. The van der Waals surface area contributed by atoms with Crippen molar-refractivity contribution in [2.45, 2.75) is 19.8 Å². The average Bonchev–Trinajstić information content (AvgIpc) is 2.42. The number of carbonyl (C=O) groups is 2. The van der Waals surface area contributed by atoms with E-state index in [1.807, 2.05) is 6.92 Å². The van der Waals surface area contributed by atoms with Gasteiger partial charge in [-0.3, -0.25) is 19.7 Å². The number of hydrogen-bond donors (Lipinski definition) is 3. The fourth-order valence-electron chi connectivity index (χ4n) is 1.87. The van der Waals surface area contributed by atoms with E-state index in [1.54, 1.807) is 0 Å². The normalized spacial score (nSPS) is 11.7. The van der Waals surface area contributed by atoms with Crippen LogP contribution in [0.15, 0.2) is 18.2 Å². The van der Waals surface area contributed by atoms with Gasteiger partial charge in [-0.25, -0.2) is 0 Å². The van der Waals surface area contributed by atoms with Crippen molar-refractivity contribution in [1.82, 2.24) is 0 Å².